The van der Waals surface area contributed by atoms with Gasteiger partial charge in [0.15, 0.2) is 0 Å². The van der Waals surface area contributed by atoms with Gasteiger partial charge in [0.25, 0.3) is 5.91 Å². The topological polar surface area (TPSA) is 46.3 Å². The van der Waals surface area contributed by atoms with Crippen molar-refractivity contribution in [2.75, 3.05) is 19.3 Å². The minimum absolute atomic E-state index is 0.250. The number of nitrogens with zero attached hydrogens (tertiary/aromatic N) is 1. The molecule has 0 atom stereocenters. The summed E-state index contributed by atoms with van der Waals surface area (Å²) in [6.45, 7) is -0.385. The number of hydrogen-bond donors (Lipinski definition) is 1. The van der Waals surface area contributed by atoms with Crippen molar-refractivity contribution in [2.24, 2.45) is 0 Å². The van der Waals surface area contributed by atoms with Gasteiger partial charge in [0.2, 0.25) is 0 Å². The van der Waals surface area contributed by atoms with E-state index in [0.29, 0.717) is 10.2 Å². The number of alkyl halides is 3. The predicted octanol–water partition coefficient (Wildman–Crippen LogP) is 3.06. The zero-order valence-electron chi connectivity index (χ0n) is 9.59. The molecule has 0 saturated heterocycles. The van der Waals surface area contributed by atoms with Crippen LogP contribution in [0.15, 0.2) is 22.7 Å². The van der Waals surface area contributed by atoms with Crippen LogP contribution < -0.4 is 5.73 Å². The molecular weight excluding hydrogens is 313 g/mol. The highest BCUT2D eigenvalue weighted by molar-refractivity contribution is 9.10. The number of amides is 1. The summed E-state index contributed by atoms with van der Waals surface area (Å²) in [5.74, 6) is -0.501. The number of nitrogens with two attached hydrogens (primary N) is 1. The Morgan fingerprint density at radius 3 is 2.61 bits per heavy atom. The molecule has 0 radical (unpaired) electrons. The Hall–Kier alpha value is -1.24. The first kappa shape index (κ1) is 14.8. The summed E-state index contributed by atoms with van der Waals surface area (Å²) in [6.07, 6.45) is -5.31. The summed E-state index contributed by atoms with van der Waals surface area (Å²) in [4.78, 5) is 12.9. The standard InChI is InChI=1S/C11H12BrF3N2O/c1-17(5-4-11(13,14)15)10(18)8-6-7(16)2-3-9(8)12/h2-3,6H,4-5,16H2,1H3. The highest BCUT2D eigenvalue weighted by Crippen LogP contribution is 2.23. The van der Waals surface area contributed by atoms with E-state index >= 15 is 0 Å². The van der Waals surface area contributed by atoms with E-state index in [0.717, 1.165) is 4.90 Å². The predicted molar refractivity (Wildman–Crippen MR) is 66.2 cm³/mol. The van der Waals surface area contributed by atoms with Crippen molar-refractivity contribution in [3.8, 4) is 0 Å². The van der Waals surface area contributed by atoms with Gasteiger partial charge in [-0.2, -0.15) is 13.2 Å². The number of nitrogen functional groups attached to an aromatic ring is 1. The normalized spacial score (nSPS) is 11.4. The second-order valence-corrected chi connectivity index (χ2v) is 4.69. The first-order chi connectivity index (χ1) is 8.20. The third kappa shape index (κ3) is 4.21. The van der Waals surface area contributed by atoms with Crippen molar-refractivity contribution in [3.63, 3.8) is 0 Å². The summed E-state index contributed by atoms with van der Waals surface area (Å²) in [5, 5.41) is 0. The fourth-order valence-corrected chi connectivity index (χ4v) is 1.72. The molecule has 0 aliphatic carbocycles. The van der Waals surface area contributed by atoms with Gasteiger partial charge >= 0.3 is 6.18 Å². The molecule has 2 N–H and O–H groups in total. The Morgan fingerprint density at radius 1 is 1.44 bits per heavy atom. The number of benzene rings is 1. The molecular formula is C11H12BrF3N2O. The molecule has 0 saturated carbocycles. The van der Waals surface area contributed by atoms with E-state index in [1.54, 1.807) is 12.1 Å². The Kier molecular flexibility index (Phi) is 4.61. The van der Waals surface area contributed by atoms with Gasteiger partial charge in [-0.05, 0) is 34.1 Å². The van der Waals surface area contributed by atoms with E-state index in [4.69, 9.17) is 5.73 Å². The molecule has 0 spiro atoms. The van der Waals surface area contributed by atoms with E-state index in [9.17, 15) is 18.0 Å². The first-order valence-corrected chi connectivity index (χ1v) is 5.87. The molecule has 0 unspecified atom stereocenters. The monoisotopic (exact) mass is 324 g/mol. The molecule has 100 valence electrons. The van der Waals surface area contributed by atoms with Crippen LogP contribution in [0.4, 0.5) is 18.9 Å². The van der Waals surface area contributed by atoms with Gasteiger partial charge in [0.1, 0.15) is 0 Å². The SMILES string of the molecule is CN(CCC(F)(F)F)C(=O)c1cc(N)ccc1Br. The number of anilines is 1. The van der Waals surface area contributed by atoms with Gasteiger partial charge in [-0.25, -0.2) is 0 Å². The van der Waals surface area contributed by atoms with E-state index in [-0.39, 0.29) is 12.1 Å². The van der Waals surface area contributed by atoms with Crippen LogP contribution in [-0.4, -0.2) is 30.6 Å². The zero-order chi connectivity index (χ0) is 13.9. The van der Waals surface area contributed by atoms with Crippen LogP contribution in [0.25, 0.3) is 0 Å². The molecule has 1 rings (SSSR count). The molecule has 3 nitrogen and oxygen atoms in total. The van der Waals surface area contributed by atoms with Crippen molar-refractivity contribution in [1.82, 2.24) is 4.90 Å². The third-order valence-electron chi connectivity index (χ3n) is 2.30. The van der Waals surface area contributed by atoms with E-state index in [2.05, 4.69) is 15.9 Å². The summed E-state index contributed by atoms with van der Waals surface area (Å²) < 4.78 is 36.7. The van der Waals surface area contributed by atoms with Crippen molar-refractivity contribution >= 4 is 27.5 Å². The van der Waals surface area contributed by atoms with Gasteiger partial charge in [-0.1, -0.05) is 0 Å². The third-order valence-corrected chi connectivity index (χ3v) is 2.99. The summed E-state index contributed by atoms with van der Waals surface area (Å²) in [5.41, 5.74) is 6.17. The van der Waals surface area contributed by atoms with Gasteiger partial charge in [0, 0.05) is 23.8 Å². The quantitative estimate of drug-likeness (QED) is 0.868. The second-order valence-electron chi connectivity index (χ2n) is 3.83. The lowest BCUT2D eigenvalue weighted by Gasteiger charge is -2.19. The molecule has 1 aromatic carbocycles. The maximum atomic E-state index is 12.1. The summed E-state index contributed by atoms with van der Waals surface area (Å²) >= 11 is 3.16. The minimum Gasteiger partial charge on any atom is -0.399 e. The lowest BCUT2D eigenvalue weighted by molar-refractivity contribution is -0.136. The van der Waals surface area contributed by atoms with Crippen LogP contribution in [-0.2, 0) is 0 Å². The van der Waals surface area contributed by atoms with Crippen LogP contribution >= 0.6 is 15.9 Å². The van der Waals surface area contributed by atoms with E-state index in [1.807, 2.05) is 0 Å². The summed E-state index contributed by atoms with van der Waals surface area (Å²) in [6, 6.07) is 4.60. The van der Waals surface area contributed by atoms with Crippen molar-refractivity contribution in [1.29, 1.82) is 0 Å². The van der Waals surface area contributed by atoms with Crippen LogP contribution in [0.2, 0.25) is 0 Å². The van der Waals surface area contributed by atoms with Gasteiger partial charge in [0.05, 0.1) is 12.0 Å². The smallest absolute Gasteiger partial charge is 0.390 e. The molecule has 7 heteroatoms. The number of rotatable bonds is 3. The molecule has 0 aromatic heterocycles. The molecule has 0 aliphatic rings. The van der Waals surface area contributed by atoms with E-state index < -0.39 is 18.5 Å². The van der Waals surface area contributed by atoms with Gasteiger partial charge in [-0.3, -0.25) is 4.79 Å². The van der Waals surface area contributed by atoms with Gasteiger partial charge in [-0.15, -0.1) is 0 Å². The maximum Gasteiger partial charge on any atom is 0.390 e. The zero-order valence-corrected chi connectivity index (χ0v) is 11.2. The summed E-state index contributed by atoms with van der Waals surface area (Å²) in [7, 11) is 1.32. The fourth-order valence-electron chi connectivity index (χ4n) is 1.31. The highest BCUT2D eigenvalue weighted by atomic mass is 79.9. The number of carbonyl (C=O) groups is 1. The Labute approximate surface area is 111 Å². The van der Waals surface area contributed by atoms with Crippen LogP contribution in [0, 0.1) is 0 Å². The maximum absolute atomic E-state index is 12.1. The Balaban J connectivity index is 2.77. The van der Waals surface area contributed by atoms with Crippen molar-refractivity contribution in [3.05, 3.63) is 28.2 Å². The molecule has 0 fully saturated rings. The number of carbonyl (C=O) groups excluding carboxylic acids is 1. The largest absolute Gasteiger partial charge is 0.399 e. The van der Waals surface area contributed by atoms with Crippen molar-refractivity contribution in [2.45, 2.75) is 12.6 Å². The number of hydrogen-bond acceptors (Lipinski definition) is 2. The van der Waals surface area contributed by atoms with Crippen LogP contribution in [0.5, 0.6) is 0 Å². The first-order valence-electron chi connectivity index (χ1n) is 5.08. The Bertz CT molecular complexity index is 448. The lowest BCUT2D eigenvalue weighted by atomic mass is 10.2. The lowest BCUT2D eigenvalue weighted by Crippen LogP contribution is -2.30. The number of halogens is 4. The average molecular weight is 325 g/mol. The molecule has 0 aliphatic heterocycles. The second kappa shape index (κ2) is 5.60. The van der Waals surface area contributed by atoms with Gasteiger partial charge < -0.3 is 10.6 Å². The van der Waals surface area contributed by atoms with Crippen LogP contribution in [0.1, 0.15) is 16.8 Å². The molecule has 1 aromatic rings. The Morgan fingerprint density at radius 2 is 2.06 bits per heavy atom. The fraction of sp³-hybridized carbons (Fsp3) is 0.364. The molecule has 0 bridgehead atoms. The molecule has 0 heterocycles. The van der Waals surface area contributed by atoms with Crippen LogP contribution in [0.3, 0.4) is 0 Å². The van der Waals surface area contributed by atoms with Crippen molar-refractivity contribution < 1.29 is 18.0 Å². The highest BCUT2D eigenvalue weighted by Gasteiger charge is 2.28. The molecule has 18 heavy (non-hydrogen) atoms. The molecule has 1 amide bonds. The minimum atomic E-state index is -4.28. The average Bonchev–Trinajstić information content (AvgIpc) is 2.27. The van der Waals surface area contributed by atoms with E-state index in [1.165, 1.54) is 13.1 Å².